The maximum absolute atomic E-state index is 12.4. The fraction of sp³-hybridized carbons (Fsp3) is 0.286. The molecule has 2 rings (SSSR count). The van der Waals surface area contributed by atoms with Gasteiger partial charge < -0.3 is 10.2 Å². The van der Waals surface area contributed by atoms with E-state index < -0.39 is 17.7 Å². The number of amides is 2. The van der Waals surface area contributed by atoms with Crippen molar-refractivity contribution in [2.75, 3.05) is 7.05 Å². The molecule has 1 N–H and O–H groups in total. The zero-order chi connectivity index (χ0) is 18.9. The molecule has 26 heavy (non-hydrogen) atoms. The van der Waals surface area contributed by atoms with E-state index in [1.165, 1.54) is 4.90 Å². The second-order valence-electron chi connectivity index (χ2n) is 6.28. The van der Waals surface area contributed by atoms with Crippen molar-refractivity contribution >= 4 is 17.6 Å². The largest absolute Gasteiger partial charge is 0.340 e. The Labute approximate surface area is 154 Å². The molecule has 0 aromatic heterocycles. The Hall–Kier alpha value is -2.95. The number of carbonyl (C=O) groups excluding carboxylic acids is 3. The summed E-state index contributed by atoms with van der Waals surface area (Å²) in [7, 11) is 1.68. The summed E-state index contributed by atoms with van der Waals surface area (Å²) in [5.41, 5.74) is 2.00. The number of hydrogen-bond donors (Lipinski definition) is 1. The maximum atomic E-state index is 12.4. The summed E-state index contributed by atoms with van der Waals surface area (Å²) in [5, 5.41) is 2.50. The van der Waals surface area contributed by atoms with Crippen molar-refractivity contribution in [2.24, 2.45) is 0 Å². The monoisotopic (exact) mass is 352 g/mol. The van der Waals surface area contributed by atoms with E-state index >= 15 is 0 Å². The molecule has 0 aliphatic rings. The number of ketones is 1. The molecule has 5 heteroatoms. The molecule has 0 heterocycles. The molecule has 2 aromatic carbocycles. The Balaban J connectivity index is 1.81. The molecule has 0 radical (unpaired) electrons. The molecule has 0 spiro atoms. The number of rotatable bonds is 8. The average Bonchev–Trinajstić information content (AvgIpc) is 2.66. The summed E-state index contributed by atoms with van der Waals surface area (Å²) in [4.78, 5) is 37.9. The molecule has 0 saturated carbocycles. The SMILES string of the molecule is CC(NC(=O)C(=O)CCc1ccccc1)C(=O)N(C)Cc1ccccc1. The summed E-state index contributed by atoms with van der Waals surface area (Å²) < 4.78 is 0. The van der Waals surface area contributed by atoms with Gasteiger partial charge in [-0.05, 0) is 24.5 Å². The minimum Gasteiger partial charge on any atom is -0.340 e. The van der Waals surface area contributed by atoms with Gasteiger partial charge >= 0.3 is 0 Å². The fourth-order valence-electron chi connectivity index (χ4n) is 2.62. The van der Waals surface area contributed by atoms with Crippen LogP contribution in [0.3, 0.4) is 0 Å². The Morgan fingerprint density at radius 1 is 0.923 bits per heavy atom. The van der Waals surface area contributed by atoms with Crippen molar-refractivity contribution in [3.8, 4) is 0 Å². The van der Waals surface area contributed by atoms with Crippen LogP contribution in [0.2, 0.25) is 0 Å². The van der Waals surface area contributed by atoms with E-state index in [9.17, 15) is 14.4 Å². The highest BCUT2D eigenvalue weighted by Gasteiger charge is 2.22. The van der Waals surface area contributed by atoms with Crippen molar-refractivity contribution in [3.63, 3.8) is 0 Å². The minimum absolute atomic E-state index is 0.122. The number of aryl methyl sites for hydroxylation is 1. The molecule has 5 nitrogen and oxygen atoms in total. The van der Waals surface area contributed by atoms with Crippen LogP contribution in [0.25, 0.3) is 0 Å². The third kappa shape index (κ3) is 5.84. The van der Waals surface area contributed by atoms with E-state index in [1.54, 1.807) is 14.0 Å². The van der Waals surface area contributed by atoms with Crippen molar-refractivity contribution in [1.29, 1.82) is 0 Å². The minimum atomic E-state index is -0.753. The van der Waals surface area contributed by atoms with Crippen LogP contribution >= 0.6 is 0 Å². The van der Waals surface area contributed by atoms with Gasteiger partial charge in [0.05, 0.1) is 0 Å². The van der Waals surface area contributed by atoms with Gasteiger partial charge in [0.25, 0.3) is 5.91 Å². The quantitative estimate of drug-likeness (QED) is 0.742. The molecule has 0 saturated heterocycles. The Kier molecular flexibility index (Phi) is 7.09. The van der Waals surface area contributed by atoms with Crippen molar-refractivity contribution in [3.05, 3.63) is 71.8 Å². The fourth-order valence-corrected chi connectivity index (χ4v) is 2.62. The first-order valence-corrected chi connectivity index (χ1v) is 8.64. The molecule has 0 fully saturated rings. The van der Waals surface area contributed by atoms with Crippen LogP contribution in [-0.4, -0.2) is 35.6 Å². The van der Waals surface area contributed by atoms with Gasteiger partial charge in [0.1, 0.15) is 6.04 Å². The van der Waals surface area contributed by atoms with E-state index in [0.717, 1.165) is 11.1 Å². The van der Waals surface area contributed by atoms with Crippen LogP contribution in [0.4, 0.5) is 0 Å². The molecule has 0 aliphatic carbocycles. The molecule has 1 atom stereocenters. The lowest BCUT2D eigenvalue weighted by molar-refractivity contribution is -0.141. The van der Waals surface area contributed by atoms with Crippen molar-refractivity contribution in [2.45, 2.75) is 32.4 Å². The lowest BCUT2D eigenvalue weighted by Gasteiger charge is -2.22. The Morgan fingerprint density at radius 2 is 1.46 bits per heavy atom. The highest BCUT2D eigenvalue weighted by molar-refractivity contribution is 6.36. The summed E-state index contributed by atoms with van der Waals surface area (Å²) in [5.74, 6) is -1.47. The van der Waals surface area contributed by atoms with Gasteiger partial charge in [0.2, 0.25) is 11.7 Å². The van der Waals surface area contributed by atoms with Crippen molar-refractivity contribution in [1.82, 2.24) is 10.2 Å². The van der Waals surface area contributed by atoms with Gasteiger partial charge in [-0.2, -0.15) is 0 Å². The molecule has 2 aromatic rings. The van der Waals surface area contributed by atoms with E-state index in [4.69, 9.17) is 0 Å². The normalized spacial score (nSPS) is 11.5. The molecule has 0 aliphatic heterocycles. The zero-order valence-corrected chi connectivity index (χ0v) is 15.1. The van der Waals surface area contributed by atoms with E-state index in [1.807, 2.05) is 60.7 Å². The van der Waals surface area contributed by atoms with Crippen LogP contribution < -0.4 is 5.32 Å². The summed E-state index contributed by atoms with van der Waals surface area (Å²) in [6, 6.07) is 18.3. The third-order valence-corrected chi connectivity index (χ3v) is 4.09. The highest BCUT2D eigenvalue weighted by atomic mass is 16.2. The molecule has 1 unspecified atom stereocenters. The van der Waals surface area contributed by atoms with Crippen LogP contribution in [0.5, 0.6) is 0 Å². The number of likely N-dealkylation sites (N-methyl/N-ethyl adjacent to an activating group) is 1. The van der Waals surface area contributed by atoms with Crippen LogP contribution in [0, 0.1) is 0 Å². The van der Waals surface area contributed by atoms with Crippen molar-refractivity contribution < 1.29 is 14.4 Å². The summed E-state index contributed by atoms with van der Waals surface area (Å²) in [6.45, 7) is 2.04. The van der Waals surface area contributed by atoms with Gasteiger partial charge in [-0.25, -0.2) is 0 Å². The van der Waals surface area contributed by atoms with Gasteiger partial charge in [0, 0.05) is 20.0 Å². The Bertz CT molecular complexity index is 744. The Morgan fingerprint density at radius 3 is 2.04 bits per heavy atom. The smallest absolute Gasteiger partial charge is 0.288 e. The predicted molar refractivity (Wildman–Crippen MR) is 100 cm³/mol. The van der Waals surface area contributed by atoms with Gasteiger partial charge in [0.15, 0.2) is 0 Å². The zero-order valence-electron chi connectivity index (χ0n) is 15.1. The first-order chi connectivity index (χ1) is 12.5. The second-order valence-corrected chi connectivity index (χ2v) is 6.28. The van der Waals surface area contributed by atoms with E-state index in [2.05, 4.69) is 5.32 Å². The van der Waals surface area contributed by atoms with Crippen LogP contribution in [-0.2, 0) is 27.3 Å². The number of benzene rings is 2. The summed E-state index contributed by atoms with van der Waals surface area (Å²) >= 11 is 0. The maximum Gasteiger partial charge on any atom is 0.288 e. The number of hydrogen-bond acceptors (Lipinski definition) is 3. The van der Waals surface area contributed by atoms with Crippen LogP contribution in [0.1, 0.15) is 24.5 Å². The molecular formula is C21H24N2O3. The van der Waals surface area contributed by atoms with Gasteiger partial charge in [-0.15, -0.1) is 0 Å². The third-order valence-electron chi connectivity index (χ3n) is 4.09. The number of nitrogens with one attached hydrogen (secondary N) is 1. The molecular weight excluding hydrogens is 328 g/mol. The highest BCUT2D eigenvalue weighted by Crippen LogP contribution is 2.05. The topological polar surface area (TPSA) is 66.5 Å². The molecule has 0 bridgehead atoms. The van der Waals surface area contributed by atoms with E-state index in [0.29, 0.717) is 13.0 Å². The average molecular weight is 352 g/mol. The standard InChI is InChI=1S/C21H24N2O3/c1-16(21(26)23(2)15-18-11-7-4-8-12-18)22-20(25)19(24)14-13-17-9-5-3-6-10-17/h3-12,16H,13-15H2,1-2H3,(H,22,25). The lowest BCUT2D eigenvalue weighted by atomic mass is 10.1. The van der Waals surface area contributed by atoms with Crippen LogP contribution in [0.15, 0.2) is 60.7 Å². The van der Waals surface area contributed by atoms with Gasteiger partial charge in [-0.1, -0.05) is 60.7 Å². The first kappa shape index (κ1) is 19.4. The second kappa shape index (κ2) is 9.51. The first-order valence-electron chi connectivity index (χ1n) is 8.64. The number of nitrogens with zero attached hydrogens (tertiary/aromatic N) is 1. The molecule has 136 valence electrons. The number of Topliss-reactive ketones (excluding diaryl/α,β-unsaturated/α-hetero) is 1. The predicted octanol–water partition coefficient (Wildman–Crippen LogP) is 2.35. The molecule has 2 amide bonds. The summed E-state index contributed by atoms with van der Waals surface area (Å²) in [6.07, 6.45) is 0.625. The van der Waals surface area contributed by atoms with Gasteiger partial charge in [-0.3, -0.25) is 14.4 Å². The lowest BCUT2D eigenvalue weighted by Crippen LogP contribution is -2.47. The van der Waals surface area contributed by atoms with E-state index in [-0.39, 0.29) is 12.3 Å². The number of carbonyl (C=O) groups is 3.